The lowest BCUT2D eigenvalue weighted by atomic mass is 10.2. The summed E-state index contributed by atoms with van der Waals surface area (Å²) in [6, 6.07) is 3.71. The molecule has 0 aliphatic carbocycles. The van der Waals surface area contributed by atoms with Gasteiger partial charge in [0.1, 0.15) is 11.8 Å². The monoisotopic (exact) mass is 291 g/mol. The van der Waals surface area contributed by atoms with Gasteiger partial charge in [-0.1, -0.05) is 6.07 Å². The van der Waals surface area contributed by atoms with E-state index in [1.54, 1.807) is 18.0 Å². The molecule has 5 nitrogen and oxygen atoms in total. The van der Waals surface area contributed by atoms with Crippen LogP contribution in [0.3, 0.4) is 0 Å². The number of pyridine rings is 1. The number of carbonyl (C=O) groups excluding carboxylic acids is 1. The molecular weight excluding hydrogens is 274 g/mol. The third kappa shape index (κ3) is 3.84. The average Bonchev–Trinajstić information content (AvgIpc) is 2.35. The first kappa shape index (κ1) is 14.6. The summed E-state index contributed by atoms with van der Waals surface area (Å²) < 4.78 is 5.50. The molecule has 0 amide bonds. The molecule has 1 aliphatic heterocycles. The van der Waals surface area contributed by atoms with E-state index in [1.807, 2.05) is 19.1 Å². The number of hydrogen-bond donors (Lipinski definition) is 1. The van der Waals surface area contributed by atoms with Crippen molar-refractivity contribution in [1.82, 2.24) is 4.98 Å². The van der Waals surface area contributed by atoms with Crippen LogP contribution in [-0.2, 0) is 9.53 Å². The molecule has 0 aromatic carbocycles. The summed E-state index contributed by atoms with van der Waals surface area (Å²) in [7, 11) is 0. The minimum Gasteiger partial charge on any atom is -0.474 e. The molecule has 0 radical (unpaired) electrons. The van der Waals surface area contributed by atoms with Crippen LogP contribution in [0.5, 0.6) is 0 Å². The van der Waals surface area contributed by atoms with E-state index in [0.717, 1.165) is 17.1 Å². The lowest BCUT2D eigenvalue weighted by Crippen LogP contribution is -2.30. The van der Waals surface area contributed by atoms with Gasteiger partial charge in [-0.15, -0.1) is 0 Å². The highest BCUT2D eigenvalue weighted by Crippen LogP contribution is 2.22. The van der Waals surface area contributed by atoms with Gasteiger partial charge in [-0.2, -0.15) is 11.8 Å². The Morgan fingerprint density at radius 1 is 1.60 bits per heavy atom. The molecular formula is C14H17N3O2S. The molecule has 1 aliphatic rings. The molecule has 2 heterocycles. The van der Waals surface area contributed by atoms with Crippen molar-refractivity contribution in [3.05, 3.63) is 35.9 Å². The molecule has 1 aromatic heterocycles. The molecule has 0 unspecified atom stereocenters. The Balaban J connectivity index is 2.20. The fourth-order valence-electron chi connectivity index (χ4n) is 1.56. The number of aryl methyl sites for hydroxylation is 1. The Labute approximate surface area is 122 Å². The third-order valence-corrected chi connectivity index (χ3v) is 3.97. The molecule has 1 aromatic rings. The number of rotatable bonds is 5. The minimum atomic E-state index is -0.176. The van der Waals surface area contributed by atoms with E-state index in [-0.39, 0.29) is 23.5 Å². The quantitative estimate of drug-likeness (QED) is 0.663. The smallest absolute Gasteiger partial charge is 0.186 e. The van der Waals surface area contributed by atoms with Gasteiger partial charge in [0.25, 0.3) is 0 Å². The van der Waals surface area contributed by atoms with Crippen molar-refractivity contribution in [2.45, 2.75) is 20.0 Å². The highest BCUT2D eigenvalue weighted by molar-refractivity contribution is 8.00. The average molecular weight is 291 g/mol. The zero-order valence-electron chi connectivity index (χ0n) is 11.5. The molecule has 2 rings (SSSR count). The Kier molecular flexibility index (Phi) is 4.79. The number of allylic oxidation sites excluding steroid dienone is 1. The first-order valence-electron chi connectivity index (χ1n) is 6.29. The zero-order chi connectivity index (χ0) is 14.5. The van der Waals surface area contributed by atoms with E-state index in [9.17, 15) is 4.79 Å². The van der Waals surface area contributed by atoms with Gasteiger partial charge in [-0.3, -0.25) is 4.79 Å². The molecule has 6 heteroatoms. The fourth-order valence-corrected chi connectivity index (χ4v) is 2.13. The lowest BCUT2D eigenvalue weighted by molar-refractivity contribution is -0.111. The number of nitrogens with two attached hydrogens (primary N) is 1. The van der Waals surface area contributed by atoms with E-state index in [4.69, 9.17) is 10.5 Å². The van der Waals surface area contributed by atoms with Crippen LogP contribution >= 0.6 is 11.8 Å². The van der Waals surface area contributed by atoms with Crippen molar-refractivity contribution in [3.8, 4) is 0 Å². The van der Waals surface area contributed by atoms with Gasteiger partial charge in [0, 0.05) is 30.7 Å². The van der Waals surface area contributed by atoms with Gasteiger partial charge in [0.15, 0.2) is 17.5 Å². The number of Topliss-reactive ketones (excluding diaryl/α,β-unsaturated/α-hetero) is 1. The first-order valence-corrected chi connectivity index (χ1v) is 7.44. The molecule has 0 atom stereocenters. The lowest BCUT2D eigenvalue weighted by Gasteiger charge is -2.25. The van der Waals surface area contributed by atoms with Gasteiger partial charge in [0.05, 0.1) is 0 Å². The molecule has 1 saturated heterocycles. The predicted molar refractivity (Wildman–Crippen MR) is 81.2 cm³/mol. The number of hydrogen-bond acceptors (Lipinski definition) is 6. The number of ketones is 1. The largest absolute Gasteiger partial charge is 0.474 e. The number of aliphatic imine (C=N–C) groups is 1. The molecule has 0 bridgehead atoms. The van der Waals surface area contributed by atoms with Gasteiger partial charge in [0.2, 0.25) is 0 Å². The van der Waals surface area contributed by atoms with Crippen molar-refractivity contribution in [2.75, 3.05) is 11.5 Å². The van der Waals surface area contributed by atoms with E-state index >= 15 is 0 Å². The van der Waals surface area contributed by atoms with Crippen LogP contribution in [0.15, 0.2) is 35.3 Å². The molecule has 0 spiro atoms. The van der Waals surface area contributed by atoms with Crippen molar-refractivity contribution >= 4 is 29.1 Å². The molecule has 2 N–H and O–H groups in total. The van der Waals surface area contributed by atoms with Crippen LogP contribution in [0, 0.1) is 6.92 Å². The van der Waals surface area contributed by atoms with Crippen molar-refractivity contribution in [1.29, 1.82) is 0 Å². The number of nitrogens with zero attached hydrogens (tertiary/aromatic N) is 2. The molecule has 20 heavy (non-hydrogen) atoms. The van der Waals surface area contributed by atoms with Crippen LogP contribution in [0.1, 0.15) is 12.5 Å². The molecule has 106 valence electrons. The van der Waals surface area contributed by atoms with Crippen molar-refractivity contribution in [3.63, 3.8) is 0 Å². The maximum absolute atomic E-state index is 11.6. The Hall–Kier alpha value is -1.82. The van der Waals surface area contributed by atoms with E-state index in [1.165, 1.54) is 13.0 Å². The second-order valence-corrected chi connectivity index (χ2v) is 5.60. The van der Waals surface area contributed by atoms with E-state index in [2.05, 4.69) is 9.98 Å². The summed E-state index contributed by atoms with van der Waals surface area (Å²) in [6.07, 6.45) is 3.25. The van der Waals surface area contributed by atoms with Gasteiger partial charge in [-0.25, -0.2) is 9.98 Å². The molecule has 1 fully saturated rings. The van der Waals surface area contributed by atoms with Crippen LogP contribution in [-0.4, -0.2) is 34.1 Å². The van der Waals surface area contributed by atoms with E-state index in [0.29, 0.717) is 5.82 Å². The highest BCUT2D eigenvalue weighted by atomic mass is 32.2. The third-order valence-electron chi connectivity index (χ3n) is 2.76. The number of ether oxygens (including phenoxy) is 1. The molecule has 0 saturated carbocycles. The van der Waals surface area contributed by atoms with Gasteiger partial charge < -0.3 is 10.5 Å². The number of aromatic nitrogens is 1. The predicted octanol–water partition coefficient (Wildman–Crippen LogP) is 1.98. The second kappa shape index (κ2) is 6.56. The normalized spacial score (nSPS) is 16.7. The Bertz CT molecular complexity index is 565. The first-order chi connectivity index (χ1) is 9.56. The maximum Gasteiger partial charge on any atom is 0.186 e. The highest BCUT2D eigenvalue weighted by Gasteiger charge is 2.20. The summed E-state index contributed by atoms with van der Waals surface area (Å²) in [6.45, 7) is 3.33. The summed E-state index contributed by atoms with van der Waals surface area (Å²) in [4.78, 5) is 20.1. The van der Waals surface area contributed by atoms with Crippen molar-refractivity contribution in [2.24, 2.45) is 10.7 Å². The Morgan fingerprint density at radius 3 is 2.90 bits per heavy atom. The number of carbonyl (C=O) groups is 1. The van der Waals surface area contributed by atoms with Crippen LogP contribution in [0.25, 0.3) is 0 Å². The van der Waals surface area contributed by atoms with Crippen LogP contribution in [0.2, 0.25) is 0 Å². The van der Waals surface area contributed by atoms with Crippen LogP contribution in [0.4, 0.5) is 5.82 Å². The fraction of sp³-hybridized carbons (Fsp3) is 0.357. The minimum absolute atomic E-state index is 0.140. The number of thioether (sulfide) groups is 1. The summed E-state index contributed by atoms with van der Waals surface area (Å²) in [5.41, 5.74) is 6.93. The summed E-state index contributed by atoms with van der Waals surface area (Å²) in [5, 5.41) is 0. The van der Waals surface area contributed by atoms with Crippen LogP contribution < -0.4 is 5.73 Å². The Morgan fingerprint density at radius 2 is 2.35 bits per heavy atom. The maximum atomic E-state index is 11.6. The standard InChI is InChI=1S/C14H17N3O2S/c1-9-4-3-5-16-14(9)17-12(10(2)18)6-13(15)19-11-7-20-8-11/h3-6,11H,7-8,15H2,1-2H3/b13-6+,17-12-. The zero-order valence-corrected chi connectivity index (χ0v) is 12.3. The topological polar surface area (TPSA) is 77.6 Å². The summed E-state index contributed by atoms with van der Waals surface area (Å²) in [5.74, 6) is 2.42. The van der Waals surface area contributed by atoms with Gasteiger partial charge >= 0.3 is 0 Å². The summed E-state index contributed by atoms with van der Waals surface area (Å²) >= 11 is 1.80. The second-order valence-electron chi connectivity index (χ2n) is 4.52. The van der Waals surface area contributed by atoms with E-state index < -0.39 is 0 Å². The van der Waals surface area contributed by atoms with Gasteiger partial charge in [-0.05, 0) is 18.6 Å². The van der Waals surface area contributed by atoms with Crippen molar-refractivity contribution < 1.29 is 9.53 Å². The SMILES string of the molecule is CC(=O)C(/C=C(\N)OC1CSC1)=N\c1ncccc1C.